The third-order valence-corrected chi connectivity index (χ3v) is 3.49. The van der Waals surface area contributed by atoms with E-state index < -0.39 is 5.97 Å². The number of carbonyl (C=O) groups is 1. The van der Waals surface area contributed by atoms with E-state index in [-0.39, 0.29) is 0 Å². The van der Waals surface area contributed by atoms with E-state index >= 15 is 0 Å². The zero-order valence-corrected chi connectivity index (χ0v) is 12.5. The Kier molecular flexibility index (Phi) is 3.74. The summed E-state index contributed by atoms with van der Waals surface area (Å²) in [6.45, 7) is 0. The molecule has 0 fully saturated rings. The van der Waals surface area contributed by atoms with E-state index in [2.05, 4.69) is 11.1 Å². The highest BCUT2D eigenvalue weighted by molar-refractivity contribution is 6.02. The Bertz CT molecular complexity index is 762. The van der Waals surface area contributed by atoms with E-state index in [4.69, 9.17) is 4.74 Å². The van der Waals surface area contributed by atoms with Crippen molar-refractivity contribution in [2.75, 3.05) is 19.0 Å². The largest absolute Gasteiger partial charge is 0.410 e. The van der Waals surface area contributed by atoms with Gasteiger partial charge < -0.3 is 9.64 Å². The molecule has 0 atom stereocenters. The molecule has 1 aliphatic rings. The molecule has 110 valence electrons. The number of aliphatic imine (C=N–C) groups is 1. The molecular weight excluding hydrogens is 276 g/mol. The molecule has 2 aromatic carbocycles. The van der Waals surface area contributed by atoms with Gasteiger partial charge in [-0.3, -0.25) is 0 Å². The normalized spacial score (nSPS) is 15.2. The van der Waals surface area contributed by atoms with Crippen molar-refractivity contribution in [3.63, 3.8) is 0 Å². The molecule has 4 heteroatoms. The predicted molar refractivity (Wildman–Crippen MR) is 88.8 cm³/mol. The molecule has 4 nitrogen and oxygen atoms in total. The first-order chi connectivity index (χ1) is 10.6. The van der Waals surface area contributed by atoms with E-state index in [1.54, 1.807) is 6.08 Å². The molecule has 3 rings (SSSR count). The van der Waals surface area contributed by atoms with Crippen molar-refractivity contribution in [3.8, 4) is 11.1 Å². The SMILES string of the molecule is CN(C)c1ccc(/C=C2\N=COC2=O)c(-c2ccccc2)c1. The Morgan fingerprint density at radius 3 is 2.50 bits per heavy atom. The molecule has 0 saturated heterocycles. The Balaban J connectivity index is 2.13. The van der Waals surface area contributed by atoms with Gasteiger partial charge in [-0.05, 0) is 34.9 Å². The van der Waals surface area contributed by atoms with Crippen LogP contribution in [0.15, 0.2) is 59.2 Å². The molecule has 0 bridgehead atoms. The summed E-state index contributed by atoms with van der Waals surface area (Å²) in [5, 5.41) is 0. The number of anilines is 1. The Labute approximate surface area is 129 Å². The molecular formula is C18H16N2O2. The van der Waals surface area contributed by atoms with E-state index in [1.807, 2.05) is 61.5 Å². The van der Waals surface area contributed by atoms with Crippen LogP contribution in [0, 0.1) is 0 Å². The number of nitrogens with zero attached hydrogens (tertiary/aromatic N) is 2. The fourth-order valence-electron chi connectivity index (χ4n) is 2.30. The van der Waals surface area contributed by atoms with Crippen molar-refractivity contribution in [1.29, 1.82) is 0 Å². The Morgan fingerprint density at radius 1 is 1.09 bits per heavy atom. The van der Waals surface area contributed by atoms with Crippen LogP contribution in [0.2, 0.25) is 0 Å². The number of benzene rings is 2. The highest BCUT2D eigenvalue weighted by atomic mass is 16.5. The Hall–Kier alpha value is -2.88. The number of esters is 1. The second-order valence-corrected chi connectivity index (χ2v) is 5.20. The number of carbonyl (C=O) groups excluding carboxylic acids is 1. The van der Waals surface area contributed by atoms with Crippen LogP contribution < -0.4 is 4.90 Å². The standard InChI is InChI=1S/C18H16N2O2/c1-20(2)15-9-8-14(10-17-18(21)22-12-19-17)16(11-15)13-6-4-3-5-7-13/h3-12H,1-2H3/b17-10-. The van der Waals surface area contributed by atoms with Crippen LogP contribution >= 0.6 is 0 Å². The molecule has 0 aromatic heterocycles. The first-order valence-electron chi connectivity index (χ1n) is 6.97. The maximum absolute atomic E-state index is 11.6. The van der Waals surface area contributed by atoms with E-state index in [1.165, 1.54) is 6.40 Å². The number of ether oxygens (including phenoxy) is 1. The summed E-state index contributed by atoms with van der Waals surface area (Å²) >= 11 is 0. The van der Waals surface area contributed by atoms with Gasteiger partial charge in [-0.15, -0.1) is 0 Å². The summed E-state index contributed by atoms with van der Waals surface area (Å²) in [6, 6.07) is 16.2. The number of hydrogen-bond donors (Lipinski definition) is 0. The molecule has 0 amide bonds. The van der Waals surface area contributed by atoms with Crippen molar-refractivity contribution >= 4 is 24.1 Å². The molecule has 1 aliphatic heterocycles. The summed E-state index contributed by atoms with van der Waals surface area (Å²) in [6.07, 6.45) is 2.93. The lowest BCUT2D eigenvalue weighted by atomic mass is 9.98. The third kappa shape index (κ3) is 2.76. The minimum Gasteiger partial charge on any atom is -0.410 e. The average molecular weight is 292 g/mol. The summed E-state index contributed by atoms with van der Waals surface area (Å²) in [5.74, 6) is -0.421. The molecule has 1 heterocycles. The van der Waals surface area contributed by atoms with Gasteiger partial charge in [-0.25, -0.2) is 9.79 Å². The number of cyclic esters (lactones) is 1. The van der Waals surface area contributed by atoms with Gasteiger partial charge in [0.15, 0.2) is 12.1 Å². The zero-order valence-electron chi connectivity index (χ0n) is 12.5. The first-order valence-corrected chi connectivity index (χ1v) is 6.97. The lowest BCUT2D eigenvalue weighted by molar-refractivity contribution is -0.129. The first kappa shape index (κ1) is 14.1. The smallest absolute Gasteiger partial charge is 0.363 e. The second-order valence-electron chi connectivity index (χ2n) is 5.20. The van der Waals surface area contributed by atoms with E-state index in [0.717, 1.165) is 22.4 Å². The maximum atomic E-state index is 11.6. The van der Waals surface area contributed by atoms with Crippen LogP contribution in [-0.4, -0.2) is 26.5 Å². The van der Waals surface area contributed by atoms with Crippen LogP contribution in [0.3, 0.4) is 0 Å². The lowest BCUT2D eigenvalue weighted by Gasteiger charge is -2.16. The van der Waals surface area contributed by atoms with Crippen LogP contribution in [0.1, 0.15) is 5.56 Å². The van der Waals surface area contributed by atoms with Gasteiger partial charge in [0.2, 0.25) is 0 Å². The van der Waals surface area contributed by atoms with Gasteiger partial charge in [0.1, 0.15) is 0 Å². The van der Waals surface area contributed by atoms with Crippen LogP contribution in [0.25, 0.3) is 17.2 Å². The van der Waals surface area contributed by atoms with Gasteiger partial charge in [-0.2, -0.15) is 0 Å². The topological polar surface area (TPSA) is 41.9 Å². The molecule has 0 saturated carbocycles. The summed E-state index contributed by atoms with van der Waals surface area (Å²) < 4.78 is 4.74. The van der Waals surface area contributed by atoms with Crippen molar-refractivity contribution < 1.29 is 9.53 Å². The highest BCUT2D eigenvalue weighted by Gasteiger charge is 2.16. The molecule has 0 aliphatic carbocycles. The van der Waals surface area contributed by atoms with Crippen molar-refractivity contribution in [3.05, 3.63) is 59.8 Å². The van der Waals surface area contributed by atoms with Gasteiger partial charge >= 0.3 is 5.97 Å². The van der Waals surface area contributed by atoms with Crippen LogP contribution in [0.5, 0.6) is 0 Å². The summed E-state index contributed by atoms with van der Waals surface area (Å²) in [5.41, 5.74) is 4.48. The molecule has 22 heavy (non-hydrogen) atoms. The second kappa shape index (κ2) is 5.85. The van der Waals surface area contributed by atoms with Gasteiger partial charge in [0.05, 0.1) is 0 Å². The minimum absolute atomic E-state index is 0.315. The quantitative estimate of drug-likeness (QED) is 0.643. The fourth-order valence-corrected chi connectivity index (χ4v) is 2.30. The molecule has 0 unspecified atom stereocenters. The maximum Gasteiger partial charge on any atom is 0.363 e. The predicted octanol–water partition coefficient (Wildman–Crippen LogP) is 3.35. The van der Waals surface area contributed by atoms with Crippen molar-refractivity contribution in [2.45, 2.75) is 0 Å². The molecule has 2 aromatic rings. The van der Waals surface area contributed by atoms with Crippen LogP contribution in [-0.2, 0) is 9.53 Å². The average Bonchev–Trinajstić information content (AvgIpc) is 2.93. The molecule has 0 spiro atoms. The summed E-state index contributed by atoms with van der Waals surface area (Å²) in [4.78, 5) is 17.6. The molecule has 0 radical (unpaired) electrons. The van der Waals surface area contributed by atoms with Crippen molar-refractivity contribution in [2.24, 2.45) is 4.99 Å². The van der Waals surface area contributed by atoms with E-state index in [0.29, 0.717) is 5.70 Å². The van der Waals surface area contributed by atoms with Gasteiger partial charge in [0, 0.05) is 19.8 Å². The monoisotopic (exact) mass is 292 g/mol. The fraction of sp³-hybridized carbons (Fsp3) is 0.111. The lowest BCUT2D eigenvalue weighted by Crippen LogP contribution is -2.08. The number of rotatable bonds is 3. The van der Waals surface area contributed by atoms with Crippen LogP contribution in [0.4, 0.5) is 5.69 Å². The number of hydrogen-bond acceptors (Lipinski definition) is 4. The van der Waals surface area contributed by atoms with E-state index in [9.17, 15) is 4.79 Å². The van der Waals surface area contributed by atoms with Crippen molar-refractivity contribution in [1.82, 2.24) is 0 Å². The Morgan fingerprint density at radius 2 is 1.86 bits per heavy atom. The summed E-state index contributed by atoms with van der Waals surface area (Å²) in [7, 11) is 4.00. The zero-order chi connectivity index (χ0) is 15.5. The minimum atomic E-state index is -0.421. The molecule has 0 N–H and O–H groups in total. The van der Waals surface area contributed by atoms with Gasteiger partial charge in [-0.1, -0.05) is 36.4 Å². The van der Waals surface area contributed by atoms with Gasteiger partial charge in [0.25, 0.3) is 0 Å². The third-order valence-electron chi connectivity index (χ3n) is 3.49. The highest BCUT2D eigenvalue weighted by Crippen LogP contribution is 2.30.